The van der Waals surface area contributed by atoms with Crippen molar-refractivity contribution in [2.45, 2.75) is 40.2 Å². The van der Waals surface area contributed by atoms with Crippen LogP contribution in [0, 0.1) is 13.8 Å². The number of sulfonamides is 1. The Bertz CT molecular complexity index is 957. The molecule has 0 radical (unpaired) electrons. The first-order valence-corrected chi connectivity index (χ1v) is 11.6. The van der Waals surface area contributed by atoms with Gasteiger partial charge in [0.25, 0.3) is 0 Å². The van der Waals surface area contributed by atoms with Gasteiger partial charge in [0.1, 0.15) is 12.3 Å². The Morgan fingerprint density at radius 3 is 2.41 bits per heavy atom. The molecule has 0 aliphatic carbocycles. The molecule has 2 rings (SSSR count). The molecule has 1 atom stereocenters. The highest BCUT2D eigenvalue weighted by Crippen LogP contribution is 2.30. The zero-order valence-electron chi connectivity index (χ0n) is 17.7. The number of benzene rings is 2. The molecule has 0 saturated carbocycles. The first-order valence-electron chi connectivity index (χ1n) is 9.73. The third kappa shape index (κ3) is 5.97. The number of hydrogen-bond acceptors (Lipinski definition) is 4. The lowest BCUT2D eigenvalue weighted by molar-refractivity contribution is -0.120. The SMILES string of the molecule is CCOc1ccccc1N(CC(=O)N[C@@H](CC)c1ccc(C)cc1C)S(C)(=O)=O. The van der Waals surface area contributed by atoms with Gasteiger partial charge in [-0.3, -0.25) is 9.10 Å². The summed E-state index contributed by atoms with van der Waals surface area (Å²) < 4.78 is 31.5. The third-order valence-corrected chi connectivity index (χ3v) is 5.79. The van der Waals surface area contributed by atoms with E-state index in [0.717, 1.165) is 27.3 Å². The second-order valence-corrected chi connectivity index (χ2v) is 8.97. The quantitative estimate of drug-likeness (QED) is 0.673. The van der Waals surface area contributed by atoms with Crippen molar-refractivity contribution >= 4 is 21.6 Å². The molecule has 0 fully saturated rings. The number of carbonyl (C=O) groups is 1. The zero-order chi connectivity index (χ0) is 21.6. The summed E-state index contributed by atoms with van der Waals surface area (Å²) in [6.07, 6.45) is 1.79. The lowest BCUT2D eigenvalue weighted by atomic mass is 9.97. The second-order valence-electron chi connectivity index (χ2n) is 7.06. The van der Waals surface area contributed by atoms with Crippen LogP contribution < -0.4 is 14.4 Å². The predicted molar refractivity (Wildman–Crippen MR) is 117 cm³/mol. The highest BCUT2D eigenvalue weighted by atomic mass is 32.2. The van der Waals surface area contributed by atoms with Crippen molar-refractivity contribution < 1.29 is 17.9 Å². The van der Waals surface area contributed by atoms with Gasteiger partial charge < -0.3 is 10.1 Å². The Morgan fingerprint density at radius 2 is 1.83 bits per heavy atom. The van der Waals surface area contributed by atoms with Crippen LogP contribution in [0.15, 0.2) is 42.5 Å². The van der Waals surface area contributed by atoms with Crippen molar-refractivity contribution in [3.63, 3.8) is 0 Å². The summed E-state index contributed by atoms with van der Waals surface area (Å²) in [6, 6.07) is 12.7. The molecule has 0 bridgehead atoms. The van der Waals surface area contributed by atoms with Gasteiger partial charge in [-0.05, 0) is 50.5 Å². The lowest BCUT2D eigenvalue weighted by Gasteiger charge is -2.26. The number of rotatable bonds is 9. The van der Waals surface area contributed by atoms with E-state index in [1.165, 1.54) is 0 Å². The lowest BCUT2D eigenvalue weighted by Crippen LogP contribution is -2.41. The van der Waals surface area contributed by atoms with Gasteiger partial charge in [0.2, 0.25) is 15.9 Å². The second kappa shape index (κ2) is 9.78. The van der Waals surface area contributed by atoms with E-state index in [2.05, 4.69) is 11.4 Å². The van der Waals surface area contributed by atoms with Crippen LogP contribution in [0.4, 0.5) is 5.69 Å². The molecule has 0 unspecified atom stereocenters. The molecule has 29 heavy (non-hydrogen) atoms. The average molecular weight is 419 g/mol. The minimum absolute atomic E-state index is 0.188. The molecule has 158 valence electrons. The monoisotopic (exact) mass is 418 g/mol. The molecule has 1 amide bonds. The fourth-order valence-electron chi connectivity index (χ4n) is 3.31. The predicted octanol–water partition coefficient (Wildman–Crippen LogP) is 3.74. The summed E-state index contributed by atoms with van der Waals surface area (Å²) in [5.74, 6) is 0.0585. The summed E-state index contributed by atoms with van der Waals surface area (Å²) >= 11 is 0. The maximum Gasteiger partial charge on any atom is 0.241 e. The summed E-state index contributed by atoms with van der Waals surface area (Å²) in [7, 11) is -3.68. The number of nitrogens with zero attached hydrogens (tertiary/aromatic N) is 1. The Morgan fingerprint density at radius 1 is 1.14 bits per heavy atom. The number of anilines is 1. The van der Waals surface area contributed by atoms with Gasteiger partial charge in [-0.1, -0.05) is 42.8 Å². The van der Waals surface area contributed by atoms with Crippen molar-refractivity contribution in [2.75, 3.05) is 23.7 Å². The molecule has 6 nitrogen and oxygen atoms in total. The molecule has 0 aromatic heterocycles. The number of aryl methyl sites for hydroxylation is 2. The van der Waals surface area contributed by atoms with E-state index in [-0.39, 0.29) is 18.5 Å². The molecule has 1 N–H and O–H groups in total. The van der Waals surface area contributed by atoms with E-state index in [9.17, 15) is 13.2 Å². The molecule has 2 aromatic carbocycles. The van der Waals surface area contributed by atoms with E-state index in [4.69, 9.17) is 4.74 Å². The number of amides is 1. The van der Waals surface area contributed by atoms with Crippen LogP contribution in [0.2, 0.25) is 0 Å². The topological polar surface area (TPSA) is 75.7 Å². The molecule has 0 heterocycles. The van der Waals surface area contributed by atoms with Gasteiger partial charge in [0, 0.05) is 0 Å². The van der Waals surface area contributed by atoms with Crippen LogP contribution in [-0.2, 0) is 14.8 Å². The summed E-state index contributed by atoms with van der Waals surface area (Å²) in [6.45, 7) is 7.93. The van der Waals surface area contributed by atoms with Gasteiger partial charge in [-0.25, -0.2) is 8.42 Å². The van der Waals surface area contributed by atoms with Crippen LogP contribution in [0.5, 0.6) is 5.75 Å². The average Bonchev–Trinajstić information content (AvgIpc) is 2.65. The third-order valence-electron chi connectivity index (χ3n) is 4.67. The van der Waals surface area contributed by atoms with Gasteiger partial charge in [0.15, 0.2) is 0 Å². The first-order chi connectivity index (χ1) is 13.7. The summed E-state index contributed by atoms with van der Waals surface area (Å²) in [5.41, 5.74) is 3.64. The highest BCUT2D eigenvalue weighted by Gasteiger charge is 2.25. The van der Waals surface area contributed by atoms with Crippen LogP contribution in [-0.4, -0.2) is 33.7 Å². The Labute approximate surface area is 173 Å². The van der Waals surface area contributed by atoms with E-state index in [0.29, 0.717) is 24.5 Å². The molecule has 0 aliphatic rings. The summed E-state index contributed by atoms with van der Waals surface area (Å²) in [5, 5.41) is 2.98. The van der Waals surface area contributed by atoms with E-state index in [1.54, 1.807) is 24.3 Å². The number of carbonyl (C=O) groups excluding carboxylic acids is 1. The van der Waals surface area contributed by atoms with Gasteiger partial charge in [0.05, 0.1) is 24.6 Å². The standard InChI is InChI=1S/C22H30N2O4S/c1-6-19(18-13-12-16(3)14-17(18)4)23-22(25)15-24(29(5,26)27)20-10-8-9-11-21(20)28-7-2/h8-14,19H,6-7,15H2,1-5H3,(H,23,25)/t19-/m0/s1. The normalized spacial score (nSPS) is 12.3. The number of nitrogens with one attached hydrogen (secondary N) is 1. The summed E-state index contributed by atoms with van der Waals surface area (Å²) in [4.78, 5) is 12.8. The molecule has 7 heteroatoms. The molecular weight excluding hydrogens is 388 g/mol. The molecular formula is C22H30N2O4S. The smallest absolute Gasteiger partial charge is 0.241 e. The number of hydrogen-bond donors (Lipinski definition) is 1. The van der Waals surface area contributed by atoms with Crippen molar-refractivity contribution in [3.05, 3.63) is 59.2 Å². The minimum atomic E-state index is -3.68. The van der Waals surface area contributed by atoms with Crippen LogP contribution in [0.25, 0.3) is 0 Å². The van der Waals surface area contributed by atoms with E-state index in [1.807, 2.05) is 39.8 Å². The van der Waals surface area contributed by atoms with E-state index >= 15 is 0 Å². The first kappa shape index (κ1) is 22.7. The van der Waals surface area contributed by atoms with Crippen molar-refractivity contribution in [1.29, 1.82) is 0 Å². The van der Waals surface area contributed by atoms with Crippen molar-refractivity contribution in [1.82, 2.24) is 5.32 Å². The van der Waals surface area contributed by atoms with Crippen LogP contribution in [0.1, 0.15) is 43.0 Å². The fraction of sp³-hybridized carbons (Fsp3) is 0.409. The fourth-order valence-corrected chi connectivity index (χ4v) is 4.17. The van der Waals surface area contributed by atoms with Gasteiger partial charge in [-0.2, -0.15) is 0 Å². The Balaban J connectivity index is 2.27. The molecule has 0 spiro atoms. The number of para-hydroxylation sites is 2. The Kier molecular flexibility index (Phi) is 7.67. The highest BCUT2D eigenvalue weighted by molar-refractivity contribution is 7.92. The molecule has 0 saturated heterocycles. The van der Waals surface area contributed by atoms with Gasteiger partial charge >= 0.3 is 0 Å². The largest absolute Gasteiger partial charge is 0.492 e. The maximum atomic E-state index is 12.8. The van der Waals surface area contributed by atoms with Gasteiger partial charge in [-0.15, -0.1) is 0 Å². The van der Waals surface area contributed by atoms with Crippen LogP contribution in [0.3, 0.4) is 0 Å². The molecule has 0 aliphatic heterocycles. The minimum Gasteiger partial charge on any atom is -0.492 e. The number of ether oxygens (including phenoxy) is 1. The maximum absolute atomic E-state index is 12.8. The Hall–Kier alpha value is -2.54. The van der Waals surface area contributed by atoms with Crippen LogP contribution >= 0.6 is 0 Å². The van der Waals surface area contributed by atoms with E-state index < -0.39 is 10.0 Å². The zero-order valence-corrected chi connectivity index (χ0v) is 18.5. The van der Waals surface area contributed by atoms with Crippen molar-refractivity contribution in [2.24, 2.45) is 0 Å². The van der Waals surface area contributed by atoms with Crippen molar-refractivity contribution in [3.8, 4) is 5.75 Å². The molecule has 2 aromatic rings.